The fourth-order valence-electron chi connectivity index (χ4n) is 3.16. The van der Waals surface area contributed by atoms with E-state index in [1.165, 1.54) is 5.56 Å². The van der Waals surface area contributed by atoms with Gasteiger partial charge in [-0.05, 0) is 17.9 Å². The van der Waals surface area contributed by atoms with Gasteiger partial charge in [-0.3, -0.25) is 9.59 Å². The van der Waals surface area contributed by atoms with Crippen molar-refractivity contribution in [3.63, 3.8) is 0 Å². The summed E-state index contributed by atoms with van der Waals surface area (Å²) in [5, 5.41) is 0. The van der Waals surface area contributed by atoms with Crippen molar-refractivity contribution in [3.05, 3.63) is 54.1 Å². The van der Waals surface area contributed by atoms with Crippen LogP contribution in [0.15, 0.2) is 42.9 Å². The minimum absolute atomic E-state index is 0.00533. The lowest BCUT2D eigenvalue weighted by Gasteiger charge is -2.25. The minimum atomic E-state index is -0.622. The average molecular weight is 312 g/mol. The standard InChI is InChI=1S/C17H20N4O2/c18-17(23)15(8-14-9-19-11-20-14)21-10-13(7-16(21)22)6-12-4-2-1-3-5-12/h1-5,9,11,13,15H,6-8,10H2,(H2,18,23)(H,19,20)/t13-,15+/m1/s1. The molecule has 3 rings (SSSR count). The summed E-state index contributed by atoms with van der Waals surface area (Å²) in [4.78, 5) is 32.7. The first-order valence-corrected chi connectivity index (χ1v) is 7.73. The van der Waals surface area contributed by atoms with Crippen molar-refractivity contribution in [1.29, 1.82) is 0 Å². The molecule has 0 aliphatic carbocycles. The van der Waals surface area contributed by atoms with Crippen molar-refractivity contribution < 1.29 is 9.59 Å². The number of carbonyl (C=O) groups is 2. The number of amides is 2. The first kappa shape index (κ1) is 15.3. The lowest BCUT2D eigenvalue weighted by atomic mass is 9.98. The molecule has 0 spiro atoms. The Morgan fingerprint density at radius 2 is 2.17 bits per heavy atom. The number of nitrogens with one attached hydrogen (secondary N) is 1. The zero-order valence-corrected chi connectivity index (χ0v) is 12.8. The second-order valence-electron chi connectivity index (χ2n) is 6.01. The molecule has 0 unspecified atom stereocenters. The molecule has 2 atom stereocenters. The number of rotatable bonds is 6. The van der Waals surface area contributed by atoms with Crippen LogP contribution >= 0.6 is 0 Å². The first-order chi connectivity index (χ1) is 11.1. The van der Waals surface area contributed by atoms with E-state index in [9.17, 15) is 9.59 Å². The molecule has 1 saturated heterocycles. The molecule has 1 aliphatic heterocycles. The Labute approximate surface area is 134 Å². The molecule has 0 saturated carbocycles. The van der Waals surface area contributed by atoms with Crippen LogP contribution in [0.1, 0.15) is 17.7 Å². The Bertz CT molecular complexity index is 669. The van der Waals surface area contributed by atoms with Gasteiger partial charge in [0.2, 0.25) is 11.8 Å². The van der Waals surface area contributed by atoms with Gasteiger partial charge in [-0.2, -0.15) is 0 Å². The van der Waals surface area contributed by atoms with Gasteiger partial charge in [0.1, 0.15) is 6.04 Å². The molecule has 120 valence electrons. The maximum atomic E-state index is 12.3. The SMILES string of the molecule is NC(=O)[C@H](Cc1cnc[nH]1)N1C[C@H](Cc2ccccc2)CC1=O. The van der Waals surface area contributed by atoms with Gasteiger partial charge < -0.3 is 15.6 Å². The van der Waals surface area contributed by atoms with Gasteiger partial charge in [-0.25, -0.2) is 4.98 Å². The molecule has 0 bridgehead atoms. The van der Waals surface area contributed by atoms with Crippen molar-refractivity contribution in [2.75, 3.05) is 6.54 Å². The van der Waals surface area contributed by atoms with Gasteiger partial charge in [0.25, 0.3) is 0 Å². The van der Waals surface area contributed by atoms with Crippen LogP contribution in [0.5, 0.6) is 0 Å². The number of aromatic nitrogens is 2. The van der Waals surface area contributed by atoms with Gasteiger partial charge in [0.05, 0.1) is 6.33 Å². The van der Waals surface area contributed by atoms with Crippen molar-refractivity contribution in [3.8, 4) is 0 Å². The predicted molar refractivity (Wildman–Crippen MR) is 85.2 cm³/mol. The van der Waals surface area contributed by atoms with Crippen LogP contribution in [0.3, 0.4) is 0 Å². The lowest BCUT2D eigenvalue weighted by Crippen LogP contribution is -2.47. The molecule has 6 nitrogen and oxygen atoms in total. The van der Waals surface area contributed by atoms with Gasteiger partial charge in [-0.15, -0.1) is 0 Å². The van der Waals surface area contributed by atoms with Crippen LogP contribution < -0.4 is 5.73 Å². The molecule has 2 amide bonds. The van der Waals surface area contributed by atoms with E-state index in [1.54, 1.807) is 17.4 Å². The normalized spacial score (nSPS) is 19.0. The lowest BCUT2D eigenvalue weighted by molar-refractivity contribution is -0.136. The van der Waals surface area contributed by atoms with Crippen LogP contribution in [0, 0.1) is 5.92 Å². The smallest absolute Gasteiger partial charge is 0.240 e. The van der Waals surface area contributed by atoms with E-state index in [2.05, 4.69) is 22.1 Å². The Hall–Kier alpha value is -2.63. The topological polar surface area (TPSA) is 92.1 Å². The van der Waals surface area contributed by atoms with Gasteiger partial charge >= 0.3 is 0 Å². The summed E-state index contributed by atoms with van der Waals surface area (Å²) < 4.78 is 0. The second-order valence-corrected chi connectivity index (χ2v) is 6.01. The highest BCUT2D eigenvalue weighted by atomic mass is 16.2. The Balaban J connectivity index is 1.68. The van der Waals surface area contributed by atoms with Crippen LogP contribution in [-0.4, -0.2) is 39.3 Å². The highest BCUT2D eigenvalue weighted by Crippen LogP contribution is 2.24. The molecule has 1 aliphatic rings. The second kappa shape index (κ2) is 6.64. The zero-order chi connectivity index (χ0) is 16.2. The number of hydrogen-bond donors (Lipinski definition) is 2. The molecule has 1 aromatic carbocycles. The minimum Gasteiger partial charge on any atom is -0.368 e. The molecular weight excluding hydrogens is 292 g/mol. The fourth-order valence-corrected chi connectivity index (χ4v) is 3.16. The third-order valence-electron chi connectivity index (χ3n) is 4.28. The van der Waals surface area contributed by atoms with Gasteiger partial charge in [0, 0.05) is 31.3 Å². The summed E-state index contributed by atoms with van der Waals surface area (Å²) in [7, 11) is 0. The quantitative estimate of drug-likeness (QED) is 0.830. The van der Waals surface area contributed by atoms with Crippen LogP contribution in [0.25, 0.3) is 0 Å². The fraction of sp³-hybridized carbons (Fsp3) is 0.353. The molecule has 6 heteroatoms. The van der Waals surface area contributed by atoms with E-state index in [4.69, 9.17) is 5.73 Å². The van der Waals surface area contributed by atoms with E-state index in [1.807, 2.05) is 18.2 Å². The third-order valence-corrected chi connectivity index (χ3v) is 4.28. The van der Waals surface area contributed by atoms with Crippen molar-refractivity contribution >= 4 is 11.8 Å². The third kappa shape index (κ3) is 3.59. The number of H-pyrrole nitrogens is 1. The molecule has 2 heterocycles. The number of carbonyl (C=O) groups excluding carboxylic acids is 2. The number of aromatic amines is 1. The van der Waals surface area contributed by atoms with E-state index < -0.39 is 11.9 Å². The van der Waals surface area contributed by atoms with Crippen molar-refractivity contribution in [1.82, 2.24) is 14.9 Å². The summed E-state index contributed by atoms with van der Waals surface area (Å²) in [6.45, 7) is 0.565. The van der Waals surface area contributed by atoms with Crippen molar-refractivity contribution in [2.24, 2.45) is 11.7 Å². The number of imidazole rings is 1. The Morgan fingerprint density at radius 1 is 1.39 bits per heavy atom. The molecule has 3 N–H and O–H groups in total. The maximum absolute atomic E-state index is 12.3. The van der Waals surface area contributed by atoms with Crippen molar-refractivity contribution in [2.45, 2.75) is 25.3 Å². The summed E-state index contributed by atoms with van der Waals surface area (Å²) in [6.07, 6.45) is 4.87. The summed E-state index contributed by atoms with van der Waals surface area (Å²) in [5.74, 6) is -0.268. The number of nitrogens with two attached hydrogens (primary N) is 1. The van der Waals surface area contributed by atoms with Gasteiger partial charge in [-0.1, -0.05) is 30.3 Å². The monoisotopic (exact) mass is 312 g/mol. The highest BCUT2D eigenvalue weighted by Gasteiger charge is 2.36. The van der Waals surface area contributed by atoms with Crippen LogP contribution in [0.2, 0.25) is 0 Å². The molecule has 1 aromatic heterocycles. The largest absolute Gasteiger partial charge is 0.368 e. The number of nitrogens with zero attached hydrogens (tertiary/aromatic N) is 2. The summed E-state index contributed by atoms with van der Waals surface area (Å²) >= 11 is 0. The van der Waals surface area contributed by atoms with Crippen LogP contribution in [0.4, 0.5) is 0 Å². The zero-order valence-electron chi connectivity index (χ0n) is 12.8. The summed E-state index contributed by atoms with van der Waals surface area (Å²) in [6, 6.07) is 9.46. The Morgan fingerprint density at radius 3 is 2.83 bits per heavy atom. The predicted octanol–water partition coefficient (Wildman–Crippen LogP) is 0.897. The molecule has 2 aromatic rings. The molecule has 23 heavy (non-hydrogen) atoms. The van der Waals surface area contributed by atoms with E-state index >= 15 is 0 Å². The molecule has 1 fully saturated rings. The Kier molecular flexibility index (Phi) is 4.41. The molecule has 0 radical (unpaired) electrons. The number of benzene rings is 1. The van der Waals surface area contributed by atoms with E-state index in [0.29, 0.717) is 19.4 Å². The average Bonchev–Trinajstić information content (AvgIpc) is 3.15. The highest BCUT2D eigenvalue weighted by molar-refractivity contribution is 5.88. The summed E-state index contributed by atoms with van der Waals surface area (Å²) in [5.41, 5.74) is 7.53. The number of primary amides is 1. The maximum Gasteiger partial charge on any atom is 0.240 e. The van der Waals surface area contributed by atoms with E-state index in [-0.39, 0.29) is 11.8 Å². The molecular formula is C17H20N4O2. The van der Waals surface area contributed by atoms with Crippen LogP contribution in [-0.2, 0) is 22.4 Å². The first-order valence-electron chi connectivity index (χ1n) is 7.73. The number of hydrogen-bond acceptors (Lipinski definition) is 3. The van der Waals surface area contributed by atoms with E-state index in [0.717, 1.165) is 12.1 Å². The van der Waals surface area contributed by atoms with Gasteiger partial charge in [0.15, 0.2) is 0 Å². The number of likely N-dealkylation sites (tertiary alicyclic amines) is 1.